The van der Waals surface area contributed by atoms with Crippen LogP contribution in [0, 0.1) is 10.5 Å². The summed E-state index contributed by atoms with van der Waals surface area (Å²) < 4.78 is 0.481. The van der Waals surface area contributed by atoms with Crippen molar-refractivity contribution in [2.45, 2.75) is 6.92 Å². The average Bonchev–Trinajstić information content (AvgIpc) is 2.41. The topological polar surface area (TPSA) is 94.8 Å². The minimum Gasteiger partial charge on any atom is -0.508 e. The van der Waals surface area contributed by atoms with E-state index in [9.17, 15) is 24.9 Å². The Labute approximate surface area is 133 Å². The smallest absolute Gasteiger partial charge is 0.202 e. The van der Waals surface area contributed by atoms with Crippen LogP contribution in [0.15, 0.2) is 18.2 Å². The molecule has 2 aromatic carbocycles. The van der Waals surface area contributed by atoms with Gasteiger partial charge in [0.25, 0.3) is 0 Å². The average molecular weight is 392 g/mol. The number of benzene rings is 2. The number of ketones is 2. The third-order valence-electron chi connectivity index (χ3n) is 3.47. The number of fused-ring (bicyclic) bond motifs is 2. The van der Waals surface area contributed by atoms with Crippen LogP contribution in [0.5, 0.6) is 17.2 Å². The van der Waals surface area contributed by atoms with Gasteiger partial charge < -0.3 is 15.3 Å². The van der Waals surface area contributed by atoms with Crippen molar-refractivity contribution in [1.29, 1.82) is 0 Å². The maximum atomic E-state index is 12.5. The molecular formula is C15H9IO5. The first-order chi connectivity index (χ1) is 9.82. The van der Waals surface area contributed by atoms with Gasteiger partial charge in [0.05, 0.1) is 14.7 Å². The van der Waals surface area contributed by atoms with Gasteiger partial charge in [-0.1, -0.05) is 0 Å². The number of hydrogen-bond donors (Lipinski definition) is 3. The number of phenolic OH excluding ortho intramolecular Hbond substituents is 3. The van der Waals surface area contributed by atoms with E-state index in [1.54, 1.807) is 6.92 Å². The third kappa shape index (κ3) is 1.82. The van der Waals surface area contributed by atoms with E-state index in [4.69, 9.17) is 0 Å². The fourth-order valence-electron chi connectivity index (χ4n) is 2.48. The second-order valence-corrected chi connectivity index (χ2v) is 5.90. The first-order valence-electron chi connectivity index (χ1n) is 6.00. The summed E-state index contributed by atoms with van der Waals surface area (Å²) in [5.74, 6) is -2.19. The molecule has 0 amide bonds. The lowest BCUT2D eigenvalue weighted by atomic mass is 9.82. The molecule has 106 valence electrons. The highest BCUT2D eigenvalue weighted by Gasteiger charge is 2.35. The van der Waals surface area contributed by atoms with Crippen LogP contribution in [0.4, 0.5) is 0 Å². The van der Waals surface area contributed by atoms with Crippen molar-refractivity contribution in [2.24, 2.45) is 0 Å². The van der Waals surface area contributed by atoms with Crippen molar-refractivity contribution in [3.63, 3.8) is 0 Å². The molecule has 0 aliphatic heterocycles. The summed E-state index contributed by atoms with van der Waals surface area (Å²) in [6.07, 6.45) is 0. The van der Waals surface area contributed by atoms with Gasteiger partial charge in [0, 0.05) is 17.2 Å². The largest absolute Gasteiger partial charge is 0.508 e. The van der Waals surface area contributed by atoms with E-state index in [-0.39, 0.29) is 33.8 Å². The van der Waals surface area contributed by atoms with Crippen LogP contribution in [-0.2, 0) is 0 Å². The highest BCUT2D eigenvalue weighted by molar-refractivity contribution is 14.1. The standard InChI is InChI=1S/C15H9IO5/c1-5-2-7-11(15(21)12(5)16)14(20)10-8(13(7)19)3-6(17)4-9(10)18/h2-4,17-18,21H,1H3/i16-4. The SMILES string of the molecule is Cc1cc2c(c(O)c1[123I])C(=O)c1c(O)cc(O)cc1C2=O. The summed E-state index contributed by atoms with van der Waals surface area (Å²) in [6, 6.07) is 3.66. The Morgan fingerprint density at radius 3 is 2.19 bits per heavy atom. The van der Waals surface area contributed by atoms with E-state index in [1.165, 1.54) is 6.07 Å². The van der Waals surface area contributed by atoms with E-state index < -0.39 is 17.3 Å². The molecule has 2 aromatic rings. The Morgan fingerprint density at radius 1 is 0.905 bits per heavy atom. The van der Waals surface area contributed by atoms with Crippen LogP contribution < -0.4 is 0 Å². The number of rotatable bonds is 0. The Bertz CT molecular complexity index is 839. The van der Waals surface area contributed by atoms with Crippen molar-refractivity contribution < 1.29 is 24.9 Å². The Morgan fingerprint density at radius 2 is 1.52 bits per heavy atom. The molecule has 0 aromatic heterocycles. The Hall–Kier alpha value is -2.09. The number of carbonyl (C=O) groups excluding carboxylic acids is 2. The van der Waals surface area contributed by atoms with E-state index >= 15 is 0 Å². The second-order valence-electron chi connectivity index (χ2n) is 4.82. The molecule has 0 spiro atoms. The van der Waals surface area contributed by atoms with Crippen molar-refractivity contribution in [3.8, 4) is 17.2 Å². The first-order valence-corrected chi connectivity index (χ1v) is 7.08. The molecule has 5 nitrogen and oxygen atoms in total. The van der Waals surface area contributed by atoms with Gasteiger partial charge >= 0.3 is 0 Å². The van der Waals surface area contributed by atoms with Gasteiger partial charge in [0.1, 0.15) is 17.2 Å². The minimum atomic E-state index is -0.632. The molecule has 1 aliphatic rings. The van der Waals surface area contributed by atoms with E-state index in [1.807, 2.05) is 22.6 Å². The molecule has 1 aliphatic carbocycles. The van der Waals surface area contributed by atoms with Gasteiger partial charge in [-0.3, -0.25) is 9.59 Å². The number of aromatic hydroxyl groups is 3. The van der Waals surface area contributed by atoms with E-state index in [0.717, 1.165) is 12.1 Å². The summed E-state index contributed by atoms with van der Waals surface area (Å²) in [5.41, 5.74) is 0.377. The molecule has 0 atom stereocenters. The van der Waals surface area contributed by atoms with E-state index in [2.05, 4.69) is 0 Å². The van der Waals surface area contributed by atoms with Crippen LogP contribution in [-0.4, -0.2) is 26.9 Å². The fourth-order valence-corrected chi connectivity index (χ4v) is 2.91. The Balaban J connectivity index is 2.42. The molecule has 3 N–H and O–H groups in total. The van der Waals surface area contributed by atoms with Crippen LogP contribution in [0.25, 0.3) is 0 Å². The number of carbonyl (C=O) groups is 2. The lowest BCUT2D eigenvalue weighted by Crippen LogP contribution is -2.22. The molecule has 0 saturated carbocycles. The molecule has 3 rings (SSSR count). The van der Waals surface area contributed by atoms with Gasteiger partial charge in [-0.05, 0) is 47.2 Å². The van der Waals surface area contributed by atoms with Gasteiger partial charge in [-0.15, -0.1) is 0 Å². The lowest BCUT2D eigenvalue weighted by molar-refractivity contribution is 0.0973. The zero-order valence-electron chi connectivity index (χ0n) is 10.8. The van der Waals surface area contributed by atoms with Gasteiger partial charge in [0.15, 0.2) is 5.78 Å². The van der Waals surface area contributed by atoms with Crippen molar-refractivity contribution >= 4 is 34.2 Å². The van der Waals surface area contributed by atoms with Gasteiger partial charge in [0.2, 0.25) is 5.78 Å². The minimum absolute atomic E-state index is 0.0648. The third-order valence-corrected chi connectivity index (χ3v) is 4.83. The predicted molar refractivity (Wildman–Crippen MR) is 82.2 cm³/mol. The molecule has 0 radical (unpaired) electrons. The zero-order valence-corrected chi connectivity index (χ0v) is 12.9. The molecule has 0 unspecified atom stereocenters. The highest BCUT2D eigenvalue weighted by Crippen LogP contribution is 2.40. The Kier molecular flexibility index (Phi) is 2.94. The van der Waals surface area contributed by atoms with Gasteiger partial charge in [-0.25, -0.2) is 0 Å². The molecule has 0 saturated heterocycles. The summed E-state index contributed by atoms with van der Waals surface area (Å²) >= 11 is 1.89. The number of hydrogen-bond acceptors (Lipinski definition) is 5. The number of phenols is 3. The monoisotopic (exact) mass is 392 g/mol. The van der Waals surface area contributed by atoms with Crippen LogP contribution in [0.1, 0.15) is 37.4 Å². The molecule has 0 bridgehead atoms. The summed E-state index contributed by atoms with van der Waals surface area (Å²) in [7, 11) is 0. The summed E-state index contributed by atoms with van der Waals surface area (Å²) in [5, 5.41) is 29.5. The summed E-state index contributed by atoms with van der Waals surface area (Å²) in [6.45, 7) is 1.72. The van der Waals surface area contributed by atoms with Crippen molar-refractivity contribution in [3.05, 3.63) is 49.6 Å². The quantitative estimate of drug-likeness (QED) is 0.511. The van der Waals surface area contributed by atoms with Crippen LogP contribution in [0.2, 0.25) is 0 Å². The normalized spacial score (nSPS) is 13.0. The molecule has 0 fully saturated rings. The van der Waals surface area contributed by atoms with Crippen LogP contribution >= 0.6 is 22.6 Å². The fraction of sp³-hybridized carbons (Fsp3) is 0.0667. The summed E-state index contributed by atoms with van der Waals surface area (Å²) in [4.78, 5) is 25.0. The second kappa shape index (κ2) is 4.45. The molecule has 6 heteroatoms. The number of halogens is 1. The van der Waals surface area contributed by atoms with Crippen molar-refractivity contribution in [2.75, 3.05) is 0 Å². The molecule has 21 heavy (non-hydrogen) atoms. The maximum absolute atomic E-state index is 12.5. The van der Waals surface area contributed by atoms with Crippen molar-refractivity contribution in [1.82, 2.24) is 0 Å². The molecule has 0 heterocycles. The maximum Gasteiger partial charge on any atom is 0.202 e. The first kappa shape index (κ1) is 13.9. The predicted octanol–water partition coefficient (Wildman–Crippen LogP) is 2.49. The lowest BCUT2D eigenvalue weighted by Gasteiger charge is -2.20. The molecular weight excluding hydrogens is 383 g/mol. The highest BCUT2D eigenvalue weighted by atomic mass is 123. The van der Waals surface area contributed by atoms with E-state index in [0.29, 0.717) is 9.13 Å². The zero-order chi connectivity index (χ0) is 15.5. The van der Waals surface area contributed by atoms with Gasteiger partial charge in [-0.2, -0.15) is 0 Å². The van der Waals surface area contributed by atoms with Crippen LogP contribution in [0.3, 0.4) is 0 Å². The number of aryl methyl sites for hydroxylation is 1.